The van der Waals surface area contributed by atoms with Gasteiger partial charge in [0.05, 0.1) is 16.1 Å². The second-order valence-corrected chi connectivity index (χ2v) is 6.57. The highest BCUT2D eigenvalue weighted by Gasteiger charge is 2.19. The molecule has 0 aliphatic rings. The molecule has 1 aromatic heterocycles. The molecule has 31 heavy (non-hydrogen) atoms. The maximum Gasteiger partial charge on any atom is 0.335 e. The minimum absolute atomic E-state index is 0.0273. The number of furan rings is 1. The predicted molar refractivity (Wildman–Crippen MR) is 111 cm³/mol. The Morgan fingerprint density at radius 3 is 2.65 bits per heavy atom. The average molecular weight is 438 g/mol. The highest BCUT2D eigenvalue weighted by atomic mass is 35.5. The molecule has 0 aliphatic heterocycles. The summed E-state index contributed by atoms with van der Waals surface area (Å²) in [4.78, 5) is 34.1. The molecular formula is C21H12ClN3O6. The smallest absolute Gasteiger partial charge is 0.335 e. The van der Waals surface area contributed by atoms with Crippen LogP contribution in [0.3, 0.4) is 0 Å². The largest absolute Gasteiger partial charge is 0.478 e. The number of carboxylic acids is 1. The molecule has 0 bridgehead atoms. The number of nitriles is 1. The Kier molecular flexibility index (Phi) is 6.14. The molecule has 1 heterocycles. The van der Waals surface area contributed by atoms with E-state index in [0.29, 0.717) is 0 Å². The first kappa shape index (κ1) is 21.3. The van der Waals surface area contributed by atoms with Gasteiger partial charge in [-0.15, -0.1) is 0 Å². The Bertz CT molecular complexity index is 1270. The number of halogens is 1. The third kappa shape index (κ3) is 4.95. The van der Waals surface area contributed by atoms with Gasteiger partial charge in [0, 0.05) is 22.9 Å². The number of hydrogen-bond acceptors (Lipinski definition) is 6. The van der Waals surface area contributed by atoms with Gasteiger partial charge in [0.2, 0.25) is 0 Å². The Morgan fingerprint density at radius 2 is 1.97 bits per heavy atom. The van der Waals surface area contributed by atoms with Gasteiger partial charge in [-0.2, -0.15) is 5.26 Å². The molecule has 3 rings (SSSR count). The zero-order valence-electron chi connectivity index (χ0n) is 15.5. The van der Waals surface area contributed by atoms with Crippen molar-refractivity contribution in [1.29, 1.82) is 5.26 Å². The number of rotatable bonds is 6. The Morgan fingerprint density at radius 1 is 1.19 bits per heavy atom. The summed E-state index contributed by atoms with van der Waals surface area (Å²) in [7, 11) is 0. The predicted octanol–water partition coefficient (Wildman–Crippen LogP) is 4.75. The van der Waals surface area contributed by atoms with Crippen molar-refractivity contribution in [2.75, 3.05) is 5.32 Å². The van der Waals surface area contributed by atoms with E-state index in [1.165, 1.54) is 60.7 Å². The fourth-order valence-corrected chi connectivity index (χ4v) is 2.82. The number of amides is 1. The van der Waals surface area contributed by atoms with Crippen LogP contribution in [0.2, 0.25) is 5.02 Å². The SMILES string of the molecule is N#CC(=Cc1ccc(-c2ccc(Cl)cc2[N+](=O)[O-])o1)C(=O)Nc1cccc(C(=O)O)c1. The van der Waals surface area contributed by atoms with Gasteiger partial charge in [0.25, 0.3) is 11.6 Å². The summed E-state index contributed by atoms with van der Waals surface area (Å²) in [6.07, 6.45) is 1.17. The number of nitrogens with zero attached hydrogens (tertiary/aromatic N) is 2. The zero-order chi connectivity index (χ0) is 22.5. The summed E-state index contributed by atoms with van der Waals surface area (Å²) in [5.74, 6) is -1.67. The Balaban J connectivity index is 1.86. The van der Waals surface area contributed by atoms with Crippen molar-refractivity contribution in [3.8, 4) is 17.4 Å². The molecule has 2 N–H and O–H groups in total. The molecule has 0 radical (unpaired) electrons. The molecule has 154 valence electrons. The molecule has 0 spiro atoms. The summed E-state index contributed by atoms with van der Waals surface area (Å²) in [5.41, 5.74) is -0.216. The highest BCUT2D eigenvalue weighted by molar-refractivity contribution is 6.30. The lowest BCUT2D eigenvalue weighted by Crippen LogP contribution is -2.13. The minimum Gasteiger partial charge on any atom is -0.478 e. The van der Waals surface area contributed by atoms with Gasteiger partial charge in [-0.1, -0.05) is 17.7 Å². The maximum absolute atomic E-state index is 12.4. The van der Waals surface area contributed by atoms with Crippen LogP contribution in [0.4, 0.5) is 11.4 Å². The molecule has 2 aromatic carbocycles. The fraction of sp³-hybridized carbons (Fsp3) is 0. The molecule has 0 saturated heterocycles. The standard InChI is InChI=1S/C21H12ClN3O6/c22-14-4-6-17(18(10-14)25(29)30)19-7-5-16(31-19)9-13(11-23)20(26)24-15-3-1-2-12(8-15)21(27)28/h1-10H,(H,24,26)(H,27,28). The van der Waals surface area contributed by atoms with E-state index in [-0.39, 0.29) is 44.6 Å². The van der Waals surface area contributed by atoms with Crippen molar-refractivity contribution in [3.63, 3.8) is 0 Å². The van der Waals surface area contributed by atoms with Crippen LogP contribution in [0.5, 0.6) is 0 Å². The second-order valence-electron chi connectivity index (χ2n) is 6.13. The van der Waals surface area contributed by atoms with E-state index in [0.717, 1.165) is 0 Å². The van der Waals surface area contributed by atoms with E-state index in [4.69, 9.17) is 21.1 Å². The fourth-order valence-electron chi connectivity index (χ4n) is 2.66. The topological polar surface area (TPSA) is 146 Å². The zero-order valence-corrected chi connectivity index (χ0v) is 16.3. The van der Waals surface area contributed by atoms with E-state index >= 15 is 0 Å². The van der Waals surface area contributed by atoms with Crippen LogP contribution in [0.1, 0.15) is 16.1 Å². The van der Waals surface area contributed by atoms with Crippen LogP contribution in [0, 0.1) is 21.4 Å². The second kappa shape index (κ2) is 8.94. The molecule has 0 aliphatic carbocycles. The first-order chi connectivity index (χ1) is 14.8. The monoisotopic (exact) mass is 437 g/mol. The minimum atomic E-state index is -1.16. The Labute approximate surface area is 179 Å². The summed E-state index contributed by atoms with van der Waals surface area (Å²) < 4.78 is 5.55. The molecule has 0 atom stereocenters. The molecule has 1 amide bonds. The first-order valence-electron chi connectivity index (χ1n) is 8.59. The number of nitro benzene ring substituents is 1. The van der Waals surface area contributed by atoms with Crippen LogP contribution >= 0.6 is 11.6 Å². The van der Waals surface area contributed by atoms with Gasteiger partial charge in [-0.25, -0.2) is 4.79 Å². The lowest BCUT2D eigenvalue weighted by Gasteiger charge is -2.05. The number of aromatic carboxylic acids is 1. The number of anilines is 1. The Hall–Kier alpha value is -4.42. The summed E-state index contributed by atoms with van der Waals surface area (Å²) in [6, 6.07) is 14.3. The number of carboxylic acid groups (broad SMARTS) is 1. The number of hydrogen-bond donors (Lipinski definition) is 2. The van der Waals surface area contributed by atoms with Gasteiger partial charge >= 0.3 is 5.97 Å². The number of carbonyl (C=O) groups is 2. The van der Waals surface area contributed by atoms with Crippen molar-refractivity contribution in [2.24, 2.45) is 0 Å². The third-order valence-electron chi connectivity index (χ3n) is 4.07. The number of nitrogens with one attached hydrogen (secondary N) is 1. The van der Waals surface area contributed by atoms with E-state index < -0.39 is 16.8 Å². The van der Waals surface area contributed by atoms with E-state index in [1.54, 1.807) is 6.07 Å². The van der Waals surface area contributed by atoms with Crippen LogP contribution < -0.4 is 5.32 Å². The molecule has 10 heteroatoms. The van der Waals surface area contributed by atoms with Gasteiger partial charge in [0.15, 0.2) is 0 Å². The molecule has 9 nitrogen and oxygen atoms in total. The van der Waals surface area contributed by atoms with Gasteiger partial charge in [-0.3, -0.25) is 14.9 Å². The molecule has 0 fully saturated rings. The van der Waals surface area contributed by atoms with Gasteiger partial charge in [-0.05, 0) is 42.5 Å². The van der Waals surface area contributed by atoms with E-state index in [1.807, 2.05) is 0 Å². The van der Waals surface area contributed by atoms with E-state index in [9.17, 15) is 25.0 Å². The maximum atomic E-state index is 12.4. The van der Waals surface area contributed by atoms with Crippen molar-refractivity contribution in [1.82, 2.24) is 0 Å². The van der Waals surface area contributed by atoms with Crippen molar-refractivity contribution >= 4 is 40.9 Å². The van der Waals surface area contributed by atoms with Gasteiger partial charge in [0.1, 0.15) is 23.2 Å². The molecule has 0 saturated carbocycles. The van der Waals surface area contributed by atoms with Crippen molar-refractivity contribution < 1.29 is 24.0 Å². The summed E-state index contributed by atoms with van der Waals surface area (Å²) in [5, 5.41) is 32.2. The average Bonchev–Trinajstić information content (AvgIpc) is 3.20. The molecular weight excluding hydrogens is 426 g/mol. The lowest BCUT2D eigenvalue weighted by atomic mass is 10.1. The van der Waals surface area contributed by atoms with Crippen LogP contribution in [-0.2, 0) is 4.79 Å². The van der Waals surface area contributed by atoms with Gasteiger partial charge < -0.3 is 14.8 Å². The first-order valence-corrected chi connectivity index (χ1v) is 8.97. The van der Waals surface area contributed by atoms with Crippen LogP contribution in [0.25, 0.3) is 17.4 Å². The summed E-state index contributed by atoms with van der Waals surface area (Å²) in [6.45, 7) is 0. The number of benzene rings is 2. The normalized spacial score (nSPS) is 10.9. The van der Waals surface area contributed by atoms with Crippen LogP contribution in [-0.4, -0.2) is 21.9 Å². The van der Waals surface area contributed by atoms with E-state index in [2.05, 4.69) is 5.32 Å². The number of carbonyl (C=O) groups excluding carboxylic acids is 1. The van der Waals surface area contributed by atoms with Crippen LogP contribution in [0.15, 0.2) is 64.6 Å². The molecule has 0 unspecified atom stereocenters. The van der Waals surface area contributed by atoms with Crippen molar-refractivity contribution in [2.45, 2.75) is 0 Å². The van der Waals surface area contributed by atoms with Crippen molar-refractivity contribution in [3.05, 3.63) is 86.6 Å². The quantitative estimate of drug-likeness (QED) is 0.244. The third-order valence-corrected chi connectivity index (χ3v) is 4.30. The highest BCUT2D eigenvalue weighted by Crippen LogP contribution is 2.33. The number of nitro groups is 1. The molecule has 3 aromatic rings. The lowest BCUT2D eigenvalue weighted by molar-refractivity contribution is -0.384. The summed E-state index contributed by atoms with van der Waals surface area (Å²) >= 11 is 5.81.